The van der Waals surface area contributed by atoms with Crippen LogP contribution in [0.5, 0.6) is 0 Å². The van der Waals surface area contributed by atoms with E-state index >= 15 is 0 Å². The Labute approximate surface area is 176 Å². The van der Waals surface area contributed by atoms with Gasteiger partial charge in [0.15, 0.2) is 11.5 Å². The number of hydrogen-bond acceptors (Lipinski definition) is 8. The van der Waals surface area contributed by atoms with Crippen LogP contribution in [-0.2, 0) is 6.18 Å². The van der Waals surface area contributed by atoms with Crippen LogP contribution in [0.3, 0.4) is 0 Å². The maximum absolute atomic E-state index is 13.8. The highest BCUT2D eigenvalue weighted by Gasteiger charge is 2.40. The molecule has 14 heteroatoms. The largest absolute Gasteiger partial charge is 0.434 e. The Morgan fingerprint density at radius 1 is 1.09 bits per heavy atom. The molecule has 4 aromatic rings. The number of pyridine rings is 2. The molecule has 0 saturated heterocycles. The molecule has 0 saturated carbocycles. The highest BCUT2D eigenvalue weighted by Crippen LogP contribution is 2.34. The van der Waals surface area contributed by atoms with Gasteiger partial charge in [0.25, 0.3) is 5.91 Å². The number of aromatic nitrogens is 7. The van der Waals surface area contributed by atoms with Crippen molar-refractivity contribution in [2.24, 2.45) is 0 Å². The zero-order valence-electron chi connectivity index (χ0n) is 15.8. The van der Waals surface area contributed by atoms with Crippen LogP contribution in [0.2, 0.25) is 0 Å². The highest BCUT2D eigenvalue weighted by atomic mass is 19.4. The van der Waals surface area contributed by atoms with E-state index in [-0.39, 0.29) is 28.6 Å². The van der Waals surface area contributed by atoms with Gasteiger partial charge in [-0.1, -0.05) is 0 Å². The molecule has 4 heterocycles. The van der Waals surface area contributed by atoms with Gasteiger partial charge in [0.05, 0.1) is 47.9 Å². The van der Waals surface area contributed by atoms with Gasteiger partial charge in [-0.2, -0.15) is 33.7 Å². The molecule has 11 nitrogen and oxygen atoms in total. The molecule has 0 aromatic carbocycles. The van der Waals surface area contributed by atoms with Crippen LogP contribution in [0.25, 0.3) is 11.5 Å². The monoisotopic (exact) mass is 440 g/mol. The first-order valence-corrected chi connectivity index (χ1v) is 8.73. The number of nitrogen functional groups attached to an aromatic ring is 1. The fourth-order valence-corrected chi connectivity index (χ4v) is 2.80. The maximum atomic E-state index is 13.8. The first kappa shape index (κ1) is 20.5. The predicted molar refractivity (Wildman–Crippen MR) is 103 cm³/mol. The summed E-state index contributed by atoms with van der Waals surface area (Å²) >= 11 is 0. The van der Waals surface area contributed by atoms with Crippen molar-refractivity contribution in [1.82, 2.24) is 34.7 Å². The quantitative estimate of drug-likeness (QED) is 0.488. The van der Waals surface area contributed by atoms with Crippen LogP contribution in [0.1, 0.15) is 21.6 Å². The molecule has 4 aromatic heterocycles. The molecule has 0 radical (unpaired) electrons. The first-order chi connectivity index (χ1) is 15.3. The Hall–Kier alpha value is -4.80. The summed E-state index contributed by atoms with van der Waals surface area (Å²) in [5.74, 6) is -0.889. The second-order valence-corrected chi connectivity index (χ2v) is 6.24. The van der Waals surface area contributed by atoms with Crippen LogP contribution < -0.4 is 11.1 Å². The van der Waals surface area contributed by atoms with Crippen LogP contribution in [0, 0.1) is 11.3 Å². The number of nitrogens with zero attached hydrogens (tertiary/aromatic N) is 8. The maximum Gasteiger partial charge on any atom is 0.434 e. The Morgan fingerprint density at radius 2 is 1.84 bits per heavy atom. The van der Waals surface area contributed by atoms with Crippen molar-refractivity contribution in [3.8, 4) is 17.6 Å². The molecular weight excluding hydrogens is 429 g/mol. The third-order valence-electron chi connectivity index (χ3n) is 4.15. The highest BCUT2D eigenvalue weighted by molar-refractivity contribution is 6.05. The Morgan fingerprint density at radius 3 is 2.47 bits per heavy atom. The van der Waals surface area contributed by atoms with E-state index in [1.807, 2.05) is 6.07 Å². The minimum atomic E-state index is -4.91. The van der Waals surface area contributed by atoms with E-state index in [0.717, 1.165) is 17.2 Å². The summed E-state index contributed by atoms with van der Waals surface area (Å²) in [6, 6.07) is 5.71. The summed E-state index contributed by atoms with van der Waals surface area (Å²) < 4.78 is 41.9. The van der Waals surface area contributed by atoms with Crippen LogP contribution in [0.4, 0.5) is 24.7 Å². The molecule has 1 amide bonds. The van der Waals surface area contributed by atoms with E-state index in [9.17, 15) is 23.2 Å². The number of anilines is 2. The van der Waals surface area contributed by atoms with Crippen LogP contribution >= 0.6 is 0 Å². The van der Waals surface area contributed by atoms with Crippen molar-refractivity contribution in [2.45, 2.75) is 6.18 Å². The molecule has 0 unspecified atom stereocenters. The van der Waals surface area contributed by atoms with Gasteiger partial charge in [-0.05, 0) is 18.2 Å². The summed E-state index contributed by atoms with van der Waals surface area (Å²) in [7, 11) is 0. The standard InChI is InChI=1S/C18H11F3N10O/c19-18(20,21)15-13(9-28-30(15)12-1-2-14(23)24-8-12)17(32)29-11-5-10(6-22)16(25-7-11)31-26-3-4-27-31/h1-5,7-9H,(H2,23,24)(H,29,32). The van der Waals surface area contributed by atoms with E-state index < -0.39 is 23.3 Å². The summed E-state index contributed by atoms with van der Waals surface area (Å²) in [5.41, 5.74) is 3.40. The topological polar surface area (TPSA) is 153 Å². The Balaban J connectivity index is 1.68. The van der Waals surface area contributed by atoms with E-state index in [4.69, 9.17) is 5.73 Å². The van der Waals surface area contributed by atoms with Crippen molar-refractivity contribution in [1.29, 1.82) is 5.26 Å². The molecule has 3 N–H and O–H groups in total. The average Bonchev–Trinajstić information content (AvgIpc) is 3.44. The van der Waals surface area contributed by atoms with Gasteiger partial charge in [0.2, 0.25) is 0 Å². The van der Waals surface area contributed by atoms with E-state index in [0.29, 0.717) is 4.68 Å². The van der Waals surface area contributed by atoms with Crippen LogP contribution in [-0.4, -0.2) is 40.6 Å². The zero-order valence-corrected chi connectivity index (χ0v) is 15.8. The normalized spacial score (nSPS) is 11.2. The van der Waals surface area contributed by atoms with Crippen molar-refractivity contribution in [3.63, 3.8) is 0 Å². The lowest BCUT2D eigenvalue weighted by Crippen LogP contribution is -2.21. The summed E-state index contributed by atoms with van der Waals surface area (Å²) in [6.45, 7) is 0. The van der Waals surface area contributed by atoms with E-state index in [2.05, 4.69) is 30.6 Å². The second-order valence-electron chi connectivity index (χ2n) is 6.24. The molecule has 0 aliphatic carbocycles. The number of nitrogens with one attached hydrogen (secondary N) is 1. The molecular formula is C18H11F3N10O. The fourth-order valence-electron chi connectivity index (χ4n) is 2.80. The van der Waals surface area contributed by atoms with Gasteiger partial charge in [0.1, 0.15) is 17.5 Å². The predicted octanol–water partition coefficient (Wildman–Crippen LogP) is 1.97. The molecule has 0 spiro atoms. The number of amides is 1. The molecule has 0 fully saturated rings. The molecule has 4 rings (SSSR count). The van der Waals surface area contributed by atoms with Crippen LogP contribution in [0.15, 0.2) is 49.2 Å². The number of hydrogen-bond donors (Lipinski definition) is 2. The second kappa shape index (κ2) is 7.80. The molecule has 0 bridgehead atoms. The third-order valence-corrected chi connectivity index (χ3v) is 4.15. The minimum absolute atomic E-state index is 0.00121. The van der Waals surface area contributed by atoms with Gasteiger partial charge in [-0.15, -0.1) is 4.80 Å². The summed E-state index contributed by atoms with van der Waals surface area (Å²) in [4.78, 5) is 21.5. The lowest BCUT2D eigenvalue weighted by atomic mass is 10.2. The van der Waals surface area contributed by atoms with Crippen molar-refractivity contribution in [2.75, 3.05) is 11.1 Å². The zero-order chi connectivity index (χ0) is 22.9. The number of carbonyl (C=O) groups excluding carboxylic acids is 1. The molecule has 160 valence electrons. The molecule has 0 atom stereocenters. The van der Waals surface area contributed by atoms with E-state index in [1.54, 1.807) is 0 Å². The fraction of sp³-hybridized carbons (Fsp3) is 0.0556. The van der Waals surface area contributed by atoms with Crippen molar-refractivity contribution < 1.29 is 18.0 Å². The molecule has 0 aliphatic heterocycles. The van der Waals surface area contributed by atoms with Crippen molar-refractivity contribution >= 4 is 17.4 Å². The summed E-state index contributed by atoms with van der Waals surface area (Å²) in [6.07, 6.45) is 0.908. The van der Waals surface area contributed by atoms with Gasteiger partial charge in [0, 0.05) is 0 Å². The van der Waals surface area contributed by atoms with Gasteiger partial charge >= 0.3 is 6.18 Å². The Kier molecular flexibility index (Phi) is 4.99. The number of nitrogens with two attached hydrogens (primary N) is 1. The number of alkyl halides is 3. The van der Waals surface area contributed by atoms with Gasteiger partial charge in [-0.3, -0.25) is 4.79 Å². The minimum Gasteiger partial charge on any atom is -0.384 e. The number of carbonyl (C=O) groups is 1. The smallest absolute Gasteiger partial charge is 0.384 e. The number of rotatable bonds is 4. The molecule has 32 heavy (non-hydrogen) atoms. The first-order valence-electron chi connectivity index (χ1n) is 8.73. The number of nitriles is 1. The SMILES string of the molecule is N#Cc1cc(NC(=O)c2cnn(-c3ccc(N)nc3)c2C(F)(F)F)cnc1-n1nccn1. The van der Waals surface area contributed by atoms with Crippen molar-refractivity contribution in [3.05, 3.63) is 66.0 Å². The lowest BCUT2D eigenvalue weighted by Gasteiger charge is -2.13. The van der Waals surface area contributed by atoms with Gasteiger partial charge in [-0.25, -0.2) is 14.6 Å². The Bertz CT molecular complexity index is 1320. The van der Waals surface area contributed by atoms with Gasteiger partial charge < -0.3 is 11.1 Å². The molecule has 0 aliphatic rings. The average molecular weight is 440 g/mol. The third kappa shape index (κ3) is 3.81. The summed E-state index contributed by atoms with van der Waals surface area (Å²) in [5, 5.41) is 23.1. The number of halogens is 3. The van der Waals surface area contributed by atoms with E-state index in [1.165, 1.54) is 36.8 Å². The lowest BCUT2D eigenvalue weighted by molar-refractivity contribution is -0.143.